The molecule has 5 nitrogen and oxygen atoms in total. The number of fused-ring (bicyclic) bond motifs is 1. The molecule has 1 amide bonds. The van der Waals surface area contributed by atoms with Crippen molar-refractivity contribution in [2.45, 2.75) is 6.54 Å². The van der Waals surface area contributed by atoms with Crippen LogP contribution >= 0.6 is 0 Å². The van der Waals surface area contributed by atoms with Crippen molar-refractivity contribution >= 4 is 11.6 Å². The summed E-state index contributed by atoms with van der Waals surface area (Å²) in [6, 6.07) is 9.19. The normalized spacial score (nSPS) is 10.7. The first-order valence-corrected chi connectivity index (χ1v) is 5.57. The summed E-state index contributed by atoms with van der Waals surface area (Å²) in [5.41, 5.74) is 1.26. The molecule has 0 atom stereocenters. The van der Waals surface area contributed by atoms with Crippen molar-refractivity contribution in [2.75, 3.05) is 0 Å². The average molecular weight is 241 g/mol. The van der Waals surface area contributed by atoms with Gasteiger partial charge in [-0.2, -0.15) is 0 Å². The van der Waals surface area contributed by atoms with Crippen molar-refractivity contribution in [3.8, 4) is 0 Å². The lowest BCUT2D eigenvalue weighted by atomic mass is 10.4. The summed E-state index contributed by atoms with van der Waals surface area (Å²) in [4.78, 5) is 16.2. The van der Waals surface area contributed by atoms with Crippen molar-refractivity contribution in [3.63, 3.8) is 0 Å². The van der Waals surface area contributed by atoms with Crippen molar-refractivity contribution in [2.24, 2.45) is 0 Å². The summed E-state index contributed by atoms with van der Waals surface area (Å²) in [5, 5.41) is 2.79. The van der Waals surface area contributed by atoms with E-state index < -0.39 is 0 Å². The summed E-state index contributed by atoms with van der Waals surface area (Å²) in [5.74, 6) is 0.544. The van der Waals surface area contributed by atoms with Crippen molar-refractivity contribution in [1.29, 1.82) is 0 Å². The minimum Gasteiger partial charge on any atom is -0.467 e. The zero-order chi connectivity index (χ0) is 12.4. The number of imidazole rings is 1. The molecule has 3 aromatic rings. The van der Waals surface area contributed by atoms with E-state index in [1.807, 2.05) is 30.5 Å². The van der Waals surface area contributed by atoms with E-state index in [0.717, 1.165) is 11.4 Å². The van der Waals surface area contributed by atoms with E-state index >= 15 is 0 Å². The van der Waals surface area contributed by atoms with E-state index in [1.54, 1.807) is 22.9 Å². The van der Waals surface area contributed by atoms with Crippen LogP contribution in [0.4, 0.5) is 0 Å². The van der Waals surface area contributed by atoms with Gasteiger partial charge in [0.05, 0.1) is 19.0 Å². The zero-order valence-electron chi connectivity index (χ0n) is 9.54. The minimum atomic E-state index is -0.176. The molecule has 0 spiro atoms. The Labute approximate surface area is 103 Å². The van der Waals surface area contributed by atoms with Gasteiger partial charge in [-0.25, -0.2) is 4.98 Å². The Morgan fingerprint density at radius 3 is 3.11 bits per heavy atom. The molecule has 3 heterocycles. The maximum absolute atomic E-state index is 12.0. The van der Waals surface area contributed by atoms with Crippen molar-refractivity contribution < 1.29 is 9.21 Å². The number of hydrogen-bond donors (Lipinski definition) is 1. The average Bonchev–Trinajstić information content (AvgIpc) is 3.05. The van der Waals surface area contributed by atoms with Gasteiger partial charge < -0.3 is 9.73 Å². The Hall–Kier alpha value is -2.56. The van der Waals surface area contributed by atoms with Crippen LogP contribution in [0.25, 0.3) is 5.65 Å². The second kappa shape index (κ2) is 4.37. The monoisotopic (exact) mass is 241 g/mol. The minimum absolute atomic E-state index is 0.176. The Bertz CT molecular complexity index is 670. The lowest BCUT2D eigenvalue weighted by Gasteiger charge is -2.02. The quantitative estimate of drug-likeness (QED) is 0.761. The van der Waals surface area contributed by atoms with Crippen molar-refractivity contribution in [3.05, 3.63) is 60.4 Å². The van der Waals surface area contributed by atoms with Crippen LogP contribution in [-0.2, 0) is 6.54 Å². The lowest BCUT2D eigenvalue weighted by molar-refractivity contribution is 0.0942. The summed E-state index contributed by atoms with van der Waals surface area (Å²) >= 11 is 0. The van der Waals surface area contributed by atoms with Gasteiger partial charge in [-0.1, -0.05) is 6.07 Å². The van der Waals surface area contributed by atoms with Crippen LogP contribution < -0.4 is 5.32 Å². The number of carbonyl (C=O) groups excluding carboxylic acids is 1. The molecule has 0 fully saturated rings. The van der Waals surface area contributed by atoms with Gasteiger partial charge in [0.1, 0.15) is 17.1 Å². The molecule has 0 unspecified atom stereocenters. The second-order valence-electron chi connectivity index (χ2n) is 3.83. The van der Waals surface area contributed by atoms with E-state index in [0.29, 0.717) is 12.2 Å². The predicted molar refractivity (Wildman–Crippen MR) is 65.1 cm³/mol. The third kappa shape index (κ3) is 1.86. The van der Waals surface area contributed by atoms with Gasteiger partial charge in [-0.05, 0) is 24.3 Å². The number of carbonyl (C=O) groups is 1. The predicted octanol–water partition coefficient (Wildman–Crippen LogP) is 1.86. The second-order valence-corrected chi connectivity index (χ2v) is 3.83. The number of rotatable bonds is 3. The summed E-state index contributed by atoms with van der Waals surface area (Å²) < 4.78 is 6.90. The Morgan fingerprint density at radius 2 is 2.28 bits per heavy atom. The van der Waals surface area contributed by atoms with Gasteiger partial charge in [-0.3, -0.25) is 9.20 Å². The van der Waals surface area contributed by atoms with Gasteiger partial charge in [0.25, 0.3) is 5.91 Å². The fraction of sp³-hybridized carbons (Fsp3) is 0.0769. The molecule has 5 heteroatoms. The fourth-order valence-corrected chi connectivity index (χ4v) is 1.77. The molecule has 1 N–H and O–H groups in total. The molecule has 0 saturated heterocycles. The van der Waals surface area contributed by atoms with Crippen LogP contribution in [0.2, 0.25) is 0 Å². The number of amides is 1. The number of nitrogens with zero attached hydrogens (tertiary/aromatic N) is 2. The molecule has 0 aliphatic carbocycles. The third-order valence-corrected chi connectivity index (χ3v) is 2.65. The number of hydrogen-bond acceptors (Lipinski definition) is 3. The highest BCUT2D eigenvalue weighted by Gasteiger charge is 2.11. The zero-order valence-corrected chi connectivity index (χ0v) is 9.54. The molecule has 3 aromatic heterocycles. The molecule has 0 aliphatic heterocycles. The van der Waals surface area contributed by atoms with Crippen LogP contribution in [0.3, 0.4) is 0 Å². The fourth-order valence-electron chi connectivity index (χ4n) is 1.77. The molecule has 18 heavy (non-hydrogen) atoms. The van der Waals surface area contributed by atoms with E-state index in [2.05, 4.69) is 10.3 Å². The number of furan rings is 1. The molecule has 0 radical (unpaired) electrons. The highest BCUT2D eigenvalue weighted by atomic mass is 16.3. The number of aromatic nitrogens is 2. The Morgan fingerprint density at radius 1 is 1.33 bits per heavy atom. The molecule has 3 rings (SSSR count). The molecule has 0 aromatic carbocycles. The smallest absolute Gasteiger partial charge is 0.270 e. The van der Waals surface area contributed by atoms with Gasteiger partial charge in [0, 0.05) is 6.20 Å². The van der Waals surface area contributed by atoms with Crippen LogP contribution in [0.15, 0.2) is 53.4 Å². The van der Waals surface area contributed by atoms with E-state index in [9.17, 15) is 4.79 Å². The highest BCUT2D eigenvalue weighted by Crippen LogP contribution is 2.06. The third-order valence-electron chi connectivity index (χ3n) is 2.65. The van der Waals surface area contributed by atoms with Crippen LogP contribution in [0.5, 0.6) is 0 Å². The molecular formula is C13H11N3O2. The Kier molecular flexibility index (Phi) is 2.57. The first kappa shape index (κ1) is 10.6. The summed E-state index contributed by atoms with van der Waals surface area (Å²) in [6.45, 7) is 0.367. The molecule has 90 valence electrons. The van der Waals surface area contributed by atoms with E-state index in [4.69, 9.17) is 4.42 Å². The van der Waals surface area contributed by atoms with E-state index in [-0.39, 0.29) is 5.91 Å². The molecule has 0 aliphatic rings. The molecule has 0 saturated carbocycles. The number of pyridine rings is 1. The maximum Gasteiger partial charge on any atom is 0.270 e. The van der Waals surface area contributed by atoms with Gasteiger partial charge >= 0.3 is 0 Å². The van der Waals surface area contributed by atoms with Gasteiger partial charge in [0.2, 0.25) is 0 Å². The van der Waals surface area contributed by atoms with Crippen LogP contribution in [-0.4, -0.2) is 15.3 Å². The standard InChI is InChI=1S/C13H11N3O2/c17-13(15-8-10-4-3-7-18-10)11-9-14-12-5-1-2-6-16(11)12/h1-7,9H,8H2,(H,15,17). The van der Waals surface area contributed by atoms with Crippen LogP contribution in [0, 0.1) is 0 Å². The van der Waals surface area contributed by atoms with E-state index in [1.165, 1.54) is 0 Å². The number of nitrogens with one attached hydrogen (secondary N) is 1. The van der Waals surface area contributed by atoms with Crippen molar-refractivity contribution in [1.82, 2.24) is 14.7 Å². The Balaban J connectivity index is 1.80. The maximum atomic E-state index is 12.0. The lowest BCUT2D eigenvalue weighted by Crippen LogP contribution is -2.23. The first-order chi connectivity index (χ1) is 8.84. The summed E-state index contributed by atoms with van der Waals surface area (Å²) in [7, 11) is 0. The highest BCUT2D eigenvalue weighted by molar-refractivity contribution is 5.93. The molecule has 0 bridgehead atoms. The van der Waals surface area contributed by atoms with Gasteiger partial charge in [-0.15, -0.1) is 0 Å². The molecular weight excluding hydrogens is 230 g/mol. The largest absolute Gasteiger partial charge is 0.467 e. The van der Waals surface area contributed by atoms with Gasteiger partial charge in [0.15, 0.2) is 0 Å². The first-order valence-electron chi connectivity index (χ1n) is 5.57. The van der Waals surface area contributed by atoms with Crippen LogP contribution in [0.1, 0.15) is 16.2 Å². The SMILES string of the molecule is O=C(NCc1ccco1)c1cnc2ccccn12. The summed E-state index contributed by atoms with van der Waals surface area (Å²) in [6.07, 6.45) is 4.95. The topological polar surface area (TPSA) is 59.5 Å².